The van der Waals surface area contributed by atoms with Crippen LogP contribution in [0.1, 0.15) is 19.3 Å². The van der Waals surface area contributed by atoms with Crippen molar-refractivity contribution in [3.63, 3.8) is 0 Å². The number of rotatable bonds is 4. The van der Waals surface area contributed by atoms with E-state index in [1.807, 2.05) is 21.1 Å². The molecule has 1 fully saturated rings. The molecule has 0 aromatic rings. The number of carbonyl (C=O) groups is 1. The molecule has 1 amide bonds. The van der Waals surface area contributed by atoms with E-state index in [1.54, 1.807) is 4.90 Å². The standard InChI is InChI=1S/C11H23N3O/c1-12-8-10-6-4-5-7-14(10)9-11(15)13(2)3/h10,12H,4-9H2,1-3H3. The molecule has 4 heteroatoms. The zero-order chi connectivity index (χ0) is 11.3. The molecule has 1 aliphatic heterocycles. The van der Waals surface area contributed by atoms with Crippen molar-refractivity contribution in [3.05, 3.63) is 0 Å². The lowest BCUT2D eigenvalue weighted by Crippen LogP contribution is -2.48. The second-order valence-electron chi connectivity index (χ2n) is 4.47. The van der Waals surface area contributed by atoms with Gasteiger partial charge in [0.15, 0.2) is 0 Å². The van der Waals surface area contributed by atoms with E-state index >= 15 is 0 Å². The molecule has 1 aliphatic rings. The van der Waals surface area contributed by atoms with Crippen LogP contribution in [0.4, 0.5) is 0 Å². The molecule has 0 spiro atoms. The number of hydrogen-bond donors (Lipinski definition) is 1. The smallest absolute Gasteiger partial charge is 0.236 e. The number of likely N-dealkylation sites (tertiary alicyclic amines) is 1. The number of hydrogen-bond acceptors (Lipinski definition) is 3. The molecule has 1 heterocycles. The Morgan fingerprint density at radius 2 is 2.20 bits per heavy atom. The molecule has 1 rings (SSSR count). The fourth-order valence-corrected chi connectivity index (χ4v) is 2.05. The van der Waals surface area contributed by atoms with Gasteiger partial charge in [-0.3, -0.25) is 9.69 Å². The third kappa shape index (κ3) is 3.80. The first-order valence-corrected chi connectivity index (χ1v) is 5.74. The number of likely N-dealkylation sites (N-methyl/N-ethyl adjacent to an activating group) is 2. The number of nitrogens with zero attached hydrogens (tertiary/aromatic N) is 2. The van der Waals surface area contributed by atoms with Gasteiger partial charge in [-0.1, -0.05) is 6.42 Å². The number of piperidine rings is 1. The molecule has 1 N–H and O–H groups in total. The molecule has 15 heavy (non-hydrogen) atoms. The predicted molar refractivity (Wildman–Crippen MR) is 61.8 cm³/mol. The van der Waals surface area contributed by atoms with Crippen molar-refractivity contribution < 1.29 is 4.79 Å². The van der Waals surface area contributed by atoms with E-state index in [0.717, 1.165) is 13.1 Å². The molecular formula is C11H23N3O. The Labute approximate surface area is 92.6 Å². The second-order valence-corrected chi connectivity index (χ2v) is 4.47. The Bertz CT molecular complexity index is 204. The maximum Gasteiger partial charge on any atom is 0.236 e. The van der Waals surface area contributed by atoms with Gasteiger partial charge >= 0.3 is 0 Å². The molecule has 0 saturated carbocycles. The van der Waals surface area contributed by atoms with E-state index in [0.29, 0.717) is 12.6 Å². The fourth-order valence-electron chi connectivity index (χ4n) is 2.05. The quantitative estimate of drug-likeness (QED) is 0.722. The summed E-state index contributed by atoms with van der Waals surface area (Å²) in [6, 6.07) is 0.535. The molecule has 1 atom stereocenters. The minimum atomic E-state index is 0.206. The van der Waals surface area contributed by atoms with Crippen LogP contribution in [-0.4, -0.2) is 62.5 Å². The maximum atomic E-state index is 11.6. The molecule has 0 aliphatic carbocycles. The van der Waals surface area contributed by atoms with Crippen LogP contribution >= 0.6 is 0 Å². The van der Waals surface area contributed by atoms with Gasteiger partial charge in [0.05, 0.1) is 6.54 Å². The summed E-state index contributed by atoms with van der Waals surface area (Å²) in [4.78, 5) is 15.6. The van der Waals surface area contributed by atoms with Crippen LogP contribution in [0.15, 0.2) is 0 Å². The summed E-state index contributed by atoms with van der Waals surface area (Å²) in [5, 5.41) is 3.20. The Hall–Kier alpha value is -0.610. The van der Waals surface area contributed by atoms with E-state index in [1.165, 1.54) is 19.3 Å². The number of carbonyl (C=O) groups excluding carboxylic acids is 1. The zero-order valence-electron chi connectivity index (χ0n) is 10.1. The second kappa shape index (κ2) is 6.08. The maximum absolute atomic E-state index is 11.6. The highest BCUT2D eigenvalue weighted by Crippen LogP contribution is 2.16. The highest BCUT2D eigenvalue weighted by atomic mass is 16.2. The zero-order valence-corrected chi connectivity index (χ0v) is 10.1. The summed E-state index contributed by atoms with van der Waals surface area (Å²) < 4.78 is 0. The Kier molecular flexibility index (Phi) is 5.05. The average molecular weight is 213 g/mol. The normalized spacial score (nSPS) is 22.7. The van der Waals surface area contributed by atoms with Gasteiger partial charge in [0, 0.05) is 26.7 Å². The largest absolute Gasteiger partial charge is 0.348 e. The Morgan fingerprint density at radius 1 is 1.47 bits per heavy atom. The third-order valence-corrected chi connectivity index (χ3v) is 3.03. The fraction of sp³-hybridized carbons (Fsp3) is 0.909. The molecular weight excluding hydrogens is 190 g/mol. The summed E-state index contributed by atoms with van der Waals surface area (Å²) in [6.07, 6.45) is 3.72. The minimum absolute atomic E-state index is 0.206. The van der Waals surface area contributed by atoms with Gasteiger partial charge in [0.1, 0.15) is 0 Å². The third-order valence-electron chi connectivity index (χ3n) is 3.03. The van der Waals surface area contributed by atoms with Crippen LogP contribution in [-0.2, 0) is 4.79 Å². The lowest BCUT2D eigenvalue weighted by atomic mass is 10.0. The summed E-state index contributed by atoms with van der Waals surface area (Å²) in [5.74, 6) is 0.206. The van der Waals surface area contributed by atoms with Crippen LogP contribution in [0.2, 0.25) is 0 Å². The van der Waals surface area contributed by atoms with Gasteiger partial charge in [-0.2, -0.15) is 0 Å². The first kappa shape index (κ1) is 12.5. The van der Waals surface area contributed by atoms with Gasteiger partial charge in [-0.25, -0.2) is 0 Å². The Morgan fingerprint density at radius 3 is 2.80 bits per heavy atom. The average Bonchev–Trinajstić information content (AvgIpc) is 2.21. The van der Waals surface area contributed by atoms with Crippen molar-refractivity contribution in [2.75, 3.05) is 40.8 Å². The molecule has 1 unspecified atom stereocenters. The van der Waals surface area contributed by atoms with Crippen molar-refractivity contribution in [3.8, 4) is 0 Å². The number of amides is 1. The highest BCUT2D eigenvalue weighted by Gasteiger charge is 2.23. The van der Waals surface area contributed by atoms with Gasteiger partial charge in [-0.05, 0) is 26.4 Å². The van der Waals surface area contributed by atoms with E-state index in [4.69, 9.17) is 0 Å². The van der Waals surface area contributed by atoms with Gasteiger partial charge in [0.2, 0.25) is 5.91 Å². The van der Waals surface area contributed by atoms with Crippen LogP contribution in [0.5, 0.6) is 0 Å². The molecule has 88 valence electrons. The lowest BCUT2D eigenvalue weighted by Gasteiger charge is -2.35. The number of nitrogens with one attached hydrogen (secondary N) is 1. The molecule has 0 aromatic carbocycles. The van der Waals surface area contributed by atoms with Crippen molar-refractivity contribution in [2.45, 2.75) is 25.3 Å². The SMILES string of the molecule is CNCC1CCCCN1CC(=O)N(C)C. The first-order chi connectivity index (χ1) is 7.15. The summed E-state index contributed by atoms with van der Waals surface area (Å²) in [7, 11) is 5.61. The van der Waals surface area contributed by atoms with Gasteiger partial charge < -0.3 is 10.2 Å². The topological polar surface area (TPSA) is 35.6 Å². The molecule has 4 nitrogen and oxygen atoms in total. The van der Waals surface area contributed by atoms with Crippen molar-refractivity contribution in [2.24, 2.45) is 0 Å². The van der Waals surface area contributed by atoms with Gasteiger partial charge in [-0.15, -0.1) is 0 Å². The van der Waals surface area contributed by atoms with Crippen molar-refractivity contribution in [1.29, 1.82) is 0 Å². The van der Waals surface area contributed by atoms with E-state index in [9.17, 15) is 4.79 Å². The predicted octanol–water partition coefficient (Wildman–Crippen LogP) is 0.149. The van der Waals surface area contributed by atoms with Crippen LogP contribution in [0, 0.1) is 0 Å². The molecule has 1 saturated heterocycles. The Balaban J connectivity index is 2.45. The van der Waals surface area contributed by atoms with Crippen molar-refractivity contribution in [1.82, 2.24) is 15.1 Å². The lowest BCUT2D eigenvalue weighted by molar-refractivity contribution is -0.130. The first-order valence-electron chi connectivity index (χ1n) is 5.74. The van der Waals surface area contributed by atoms with Crippen LogP contribution < -0.4 is 5.32 Å². The summed E-state index contributed by atoms with van der Waals surface area (Å²) in [6.45, 7) is 2.62. The molecule has 0 bridgehead atoms. The van der Waals surface area contributed by atoms with E-state index < -0.39 is 0 Å². The van der Waals surface area contributed by atoms with Crippen LogP contribution in [0.3, 0.4) is 0 Å². The van der Waals surface area contributed by atoms with Crippen LogP contribution in [0.25, 0.3) is 0 Å². The molecule has 0 aromatic heterocycles. The summed E-state index contributed by atoms with van der Waals surface area (Å²) >= 11 is 0. The van der Waals surface area contributed by atoms with E-state index in [-0.39, 0.29) is 5.91 Å². The monoisotopic (exact) mass is 213 g/mol. The highest BCUT2D eigenvalue weighted by molar-refractivity contribution is 5.77. The van der Waals surface area contributed by atoms with Crippen molar-refractivity contribution >= 4 is 5.91 Å². The van der Waals surface area contributed by atoms with Gasteiger partial charge in [0.25, 0.3) is 0 Å². The minimum Gasteiger partial charge on any atom is -0.348 e. The molecule has 0 radical (unpaired) electrons. The summed E-state index contributed by atoms with van der Waals surface area (Å²) in [5.41, 5.74) is 0. The van der Waals surface area contributed by atoms with E-state index in [2.05, 4.69) is 10.2 Å².